The van der Waals surface area contributed by atoms with Gasteiger partial charge in [0.25, 0.3) is 0 Å². The van der Waals surface area contributed by atoms with E-state index in [-0.39, 0.29) is 0 Å². The van der Waals surface area contributed by atoms with E-state index in [9.17, 15) is 0 Å². The van der Waals surface area contributed by atoms with Gasteiger partial charge in [0.2, 0.25) is 0 Å². The molecule has 0 saturated heterocycles. The lowest BCUT2D eigenvalue weighted by molar-refractivity contribution is 0.415. The summed E-state index contributed by atoms with van der Waals surface area (Å²) in [5.74, 6) is 2.50. The second-order valence-corrected chi connectivity index (χ2v) is 7.07. The maximum atomic E-state index is 5.27. The van der Waals surface area contributed by atoms with Gasteiger partial charge in [-0.2, -0.15) is 0 Å². The molecule has 0 aliphatic rings. The molecule has 3 aromatic carbocycles. The summed E-state index contributed by atoms with van der Waals surface area (Å²) in [5.41, 5.74) is 3.23. The lowest BCUT2D eigenvalue weighted by Gasteiger charge is -2.11. The van der Waals surface area contributed by atoms with Gasteiger partial charge in [0.15, 0.2) is 11.6 Å². The van der Waals surface area contributed by atoms with Crippen molar-refractivity contribution in [2.24, 2.45) is 0 Å². The first-order chi connectivity index (χ1) is 13.2. The molecule has 0 radical (unpaired) electrons. The molecule has 0 saturated carbocycles. The van der Waals surface area contributed by atoms with E-state index >= 15 is 0 Å². The predicted octanol–water partition coefficient (Wildman–Crippen LogP) is 5.43. The molecule has 134 valence electrons. The zero-order chi connectivity index (χ0) is 18.6. The number of ether oxygens (including phenoxy) is 1. The molecule has 0 amide bonds. The van der Waals surface area contributed by atoms with Gasteiger partial charge < -0.3 is 9.30 Å². The quantitative estimate of drug-likeness (QED) is 0.432. The van der Waals surface area contributed by atoms with E-state index in [4.69, 9.17) is 4.74 Å². The van der Waals surface area contributed by atoms with Crippen molar-refractivity contribution in [3.63, 3.8) is 0 Å². The molecule has 1 aromatic heterocycles. The van der Waals surface area contributed by atoms with Gasteiger partial charge in [0.1, 0.15) is 5.75 Å². The number of aromatic nitrogens is 3. The van der Waals surface area contributed by atoms with Gasteiger partial charge in [0, 0.05) is 15.6 Å². The highest BCUT2D eigenvalue weighted by Gasteiger charge is 2.16. The van der Waals surface area contributed by atoms with E-state index < -0.39 is 0 Å². The highest BCUT2D eigenvalue weighted by atomic mass is 79.9. The van der Waals surface area contributed by atoms with E-state index in [2.05, 4.69) is 42.8 Å². The molecule has 0 fully saturated rings. The molecule has 0 aliphatic carbocycles. The third kappa shape index (κ3) is 3.78. The molecule has 4 aromatic rings. The second kappa shape index (κ2) is 7.76. The van der Waals surface area contributed by atoms with Crippen molar-refractivity contribution in [3.8, 4) is 28.5 Å². The van der Waals surface area contributed by atoms with Crippen LogP contribution in [0.25, 0.3) is 22.8 Å². The molecule has 0 unspecified atom stereocenters. The Kier molecular flexibility index (Phi) is 5.03. The number of rotatable bonds is 5. The summed E-state index contributed by atoms with van der Waals surface area (Å²) in [6, 6.07) is 26.4. The molecule has 27 heavy (non-hydrogen) atoms. The molecule has 0 aliphatic heterocycles. The first-order valence-corrected chi connectivity index (χ1v) is 9.41. The van der Waals surface area contributed by atoms with Crippen LogP contribution >= 0.6 is 15.9 Å². The highest BCUT2D eigenvalue weighted by Crippen LogP contribution is 2.27. The van der Waals surface area contributed by atoms with Gasteiger partial charge in [-0.05, 0) is 42.0 Å². The van der Waals surface area contributed by atoms with Crippen LogP contribution in [0.4, 0.5) is 0 Å². The van der Waals surface area contributed by atoms with Crippen molar-refractivity contribution in [1.82, 2.24) is 14.8 Å². The van der Waals surface area contributed by atoms with Crippen molar-refractivity contribution in [3.05, 3.63) is 88.9 Å². The SMILES string of the molecule is COc1ccc(-c2nnc(-c3ccc(Br)cc3)n2Cc2ccccc2)cc1. The van der Waals surface area contributed by atoms with E-state index in [0.717, 1.165) is 33.0 Å². The number of methoxy groups -OCH3 is 1. The molecule has 4 rings (SSSR count). The van der Waals surface area contributed by atoms with Crippen molar-refractivity contribution in [1.29, 1.82) is 0 Å². The smallest absolute Gasteiger partial charge is 0.164 e. The number of halogens is 1. The standard InChI is InChI=1S/C22H18BrN3O/c1-27-20-13-9-18(10-14-20)22-25-24-21(17-7-11-19(23)12-8-17)26(22)15-16-5-3-2-4-6-16/h2-14H,15H2,1H3. The fourth-order valence-corrected chi connectivity index (χ4v) is 3.25. The number of benzene rings is 3. The Hall–Kier alpha value is -2.92. The van der Waals surface area contributed by atoms with Crippen LogP contribution in [0, 0.1) is 0 Å². The van der Waals surface area contributed by atoms with Gasteiger partial charge in [-0.1, -0.05) is 58.4 Å². The van der Waals surface area contributed by atoms with Crippen molar-refractivity contribution >= 4 is 15.9 Å². The summed E-state index contributed by atoms with van der Waals surface area (Å²) < 4.78 is 8.46. The maximum absolute atomic E-state index is 5.27. The number of hydrogen-bond acceptors (Lipinski definition) is 3. The van der Waals surface area contributed by atoms with E-state index in [1.807, 2.05) is 66.7 Å². The lowest BCUT2D eigenvalue weighted by Crippen LogP contribution is -2.04. The molecule has 5 heteroatoms. The zero-order valence-corrected chi connectivity index (χ0v) is 16.4. The summed E-state index contributed by atoms with van der Waals surface area (Å²) in [5, 5.41) is 8.99. The van der Waals surface area contributed by atoms with Gasteiger partial charge in [-0.15, -0.1) is 10.2 Å². The minimum atomic E-state index is 0.695. The average molecular weight is 420 g/mol. The van der Waals surface area contributed by atoms with Crippen molar-refractivity contribution in [2.75, 3.05) is 7.11 Å². The fourth-order valence-electron chi connectivity index (χ4n) is 2.98. The van der Waals surface area contributed by atoms with Crippen LogP contribution in [-0.2, 0) is 6.54 Å². The van der Waals surface area contributed by atoms with Gasteiger partial charge in [-0.25, -0.2) is 0 Å². The van der Waals surface area contributed by atoms with Gasteiger partial charge >= 0.3 is 0 Å². The first kappa shape index (κ1) is 17.5. The van der Waals surface area contributed by atoms with Gasteiger partial charge in [-0.3, -0.25) is 0 Å². The molecule has 0 bridgehead atoms. The van der Waals surface area contributed by atoms with Crippen LogP contribution in [0.15, 0.2) is 83.3 Å². The summed E-state index contributed by atoms with van der Waals surface area (Å²) in [7, 11) is 1.67. The second-order valence-electron chi connectivity index (χ2n) is 6.15. The minimum Gasteiger partial charge on any atom is -0.497 e. The zero-order valence-electron chi connectivity index (χ0n) is 14.8. The van der Waals surface area contributed by atoms with Crippen LogP contribution in [0.3, 0.4) is 0 Å². The van der Waals surface area contributed by atoms with Crippen molar-refractivity contribution in [2.45, 2.75) is 6.54 Å². The Bertz CT molecular complexity index is 1030. The highest BCUT2D eigenvalue weighted by molar-refractivity contribution is 9.10. The monoisotopic (exact) mass is 419 g/mol. The average Bonchev–Trinajstić information content (AvgIpc) is 3.13. The van der Waals surface area contributed by atoms with E-state index in [1.54, 1.807) is 7.11 Å². The molecule has 0 spiro atoms. The minimum absolute atomic E-state index is 0.695. The van der Waals surface area contributed by atoms with E-state index in [0.29, 0.717) is 6.54 Å². The Labute approximate surface area is 166 Å². The lowest BCUT2D eigenvalue weighted by atomic mass is 10.1. The molecule has 0 atom stereocenters. The summed E-state index contributed by atoms with van der Waals surface area (Å²) in [6.45, 7) is 0.695. The molecular weight excluding hydrogens is 402 g/mol. The Morgan fingerprint density at radius 1 is 0.778 bits per heavy atom. The van der Waals surface area contributed by atoms with Crippen LogP contribution in [-0.4, -0.2) is 21.9 Å². The fraction of sp³-hybridized carbons (Fsp3) is 0.0909. The van der Waals surface area contributed by atoms with E-state index in [1.165, 1.54) is 5.56 Å². The molecule has 4 nitrogen and oxygen atoms in total. The summed E-state index contributed by atoms with van der Waals surface area (Å²) in [4.78, 5) is 0. The largest absolute Gasteiger partial charge is 0.497 e. The van der Waals surface area contributed by atoms with Crippen LogP contribution in [0.5, 0.6) is 5.75 Å². The molecule has 1 heterocycles. The molecule has 0 N–H and O–H groups in total. The Morgan fingerprint density at radius 2 is 1.33 bits per heavy atom. The van der Waals surface area contributed by atoms with Gasteiger partial charge in [0.05, 0.1) is 13.7 Å². The number of nitrogens with zero attached hydrogens (tertiary/aromatic N) is 3. The first-order valence-electron chi connectivity index (χ1n) is 8.62. The molecular formula is C22H18BrN3O. The summed E-state index contributed by atoms with van der Waals surface area (Å²) >= 11 is 3.49. The third-order valence-electron chi connectivity index (χ3n) is 4.38. The number of hydrogen-bond donors (Lipinski definition) is 0. The topological polar surface area (TPSA) is 39.9 Å². The predicted molar refractivity (Wildman–Crippen MR) is 111 cm³/mol. The van der Waals surface area contributed by atoms with Crippen LogP contribution < -0.4 is 4.74 Å². The van der Waals surface area contributed by atoms with Crippen LogP contribution in [0.2, 0.25) is 0 Å². The third-order valence-corrected chi connectivity index (χ3v) is 4.91. The maximum Gasteiger partial charge on any atom is 0.164 e. The Balaban J connectivity index is 1.81. The van der Waals surface area contributed by atoms with Crippen molar-refractivity contribution < 1.29 is 4.74 Å². The van der Waals surface area contributed by atoms with Crippen LogP contribution in [0.1, 0.15) is 5.56 Å². The summed E-state index contributed by atoms with van der Waals surface area (Å²) in [6.07, 6.45) is 0. The Morgan fingerprint density at radius 3 is 1.89 bits per heavy atom. The normalized spacial score (nSPS) is 10.7.